The van der Waals surface area contributed by atoms with Crippen LogP contribution in [0.1, 0.15) is 20.8 Å². The zero-order valence-electron chi connectivity index (χ0n) is 8.44. The van der Waals surface area contributed by atoms with Crippen molar-refractivity contribution in [3.8, 4) is 0 Å². The van der Waals surface area contributed by atoms with Crippen molar-refractivity contribution in [2.75, 3.05) is 6.61 Å². The van der Waals surface area contributed by atoms with Crippen LogP contribution in [0.2, 0.25) is 0 Å². The van der Waals surface area contributed by atoms with Crippen LogP contribution in [0, 0.1) is 0 Å². The molecule has 0 rings (SSSR count). The molecule has 0 fully saturated rings. The molecule has 0 aromatic carbocycles. The van der Waals surface area contributed by atoms with E-state index in [-0.39, 0.29) is 6.61 Å². The molecule has 0 spiro atoms. The summed E-state index contributed by atoms with van der Waals surface area (Å²) in [4.78, 5) is 21.3. The van der Waals surface area contributed by atoms with Crippen molar-refractivity contribution in [2.24, 2.45) is 0 Å². The molecule has 0 radical (unpaired) electrons. The first-order chi connectivity index (χ1) is 6.47. The largest absolute Gasteiger partial charge is 0.421 e. The molecule has 0 saturated heterocycles. The minimum Gasteiger partial charge on any atom is -0.421 e. The van der Waals surface area contributed by atoms with E-state index < -0.39 is 18.2 Å². The predicted octanol–water partition coefficient (Wildman–Crippen LogP) is 0.377. The lowest BCUT2D eigenvalue weighted by molar-refractivity contribution is -0.178. The molecule has 0 aromatic rings. The van der Waals surface area contributed by atoms with Gasteiger partial charge in [0.15, 0.2) is 0 Å². The summed E-state index contributed by atoms with van der Waals surface area (Å²) < 4.78 is 9.43. The number of hydrogen-bond acceptors (Lipinski definition) is 5. The summed E-state index contributed by atoms with van der Waals surface area (Å²) in [5.74, 6) is -1.11. The molecule has 0 saturated carbocycles. The zero-order chi connectivity index (χ0) is 11.1. The molecule has 14 heavy (non-hydrogen) atoms. The molecule has 0 bridgehead atoms. The molecule has 80 valence electrons. The number of ether oxygens (including phenoxy) is 2. The number of carbonyl (C=O) groups is 2. The van der Waals surface area contributed by atoms with Crippen LogP contribution >= 0.6 is 0 Å². The fraction of sp³-hybridized carbons (Fsp3) is 0.556. The Balaban J connectivity index is 4.45. The van der Waals surface area contributed by atoms with Crippen LogP contribution in [-0.2, 0) is 19.1 Å². The molecule has 5 nitrogen and oxygen atoms in total. The van der Waals surface area contributed by atoms with E-state index in [9.17, 15) is 9.59 Å². The number of rotatable bonds is 4. The van der Waals surface area contributed by atoms with Gasteiger partial charge in [-0.15, -0.1) is 0 Å². The second kappa shape index (κ2) is 6.15. The minimum absolute atomic E-state index is 0.204. The van der Waals surface area contributed by atoms with Gasteiger partial charge in [0.1, 0.15) is 0 Å². The smallest absolute Gasteiger partial charge is 0.305 e. The topological polar surface area (TPSA) is 72.8 Å². The summed E-state index contributed by atoms with van der Waals surface area (Å²) in [6.45, 7) is 3.81. The zero-order valence-corrected chi connectivity index (χ0v) is 8.44. The lowest BCUT2D eigenvalue weighted by Gasteiger charge is -2.16. The summed E-state index contributed by atoms with van der Waals surface area (Å²) in [6, 6.07) is 0. The summed E-state index contributed by atoms with van der Waals surface area (Å²) in [5.41, 5.74) is 0.470. The molecule has 5 heteroatoms. The fourth-order valence-electron chi connectivity index (χ4n) is 0.752. The first-order valence-electron chi connectivity index (χ1n) is 4.09. The summed E-state index contributed by atoms with van der Waals surface area (Å²) in [7, 11) is 0. The molecule has 0 atom stereocenters. The summed E-state index contributed by atoms with van der Waals surface area (Å²) >= 11 is 0. The van der Waals surface area contributed by atoms with E-state index in [2.05, 4.69) is 0 Å². The van der Waals surface area contributed by atoms with Crippen LogP contribution in [0.4, 0.5) is 0 Å². The van der Waals surface area contributed by atoms with Crippen molar-refractivity contribution in [3.63, 3.8) is 0 Å². The monoisotopic (exact) mass is 202 g/mol. The van der Waals surface area contributed by atoms with Gasteiger partial charge in [-0.2, -0.15) is 0 Å². The Kier molecular flexibility index (Phi) is 5.55. The molecule has 0 aromatic heterocycles. The Bertz CT molecular complexity index is 228. The molecule has 1 N–H and O–H groups in total. The van der Waals surface area contributed by atoms with E-state index in [1.165, 1.54) is 19.9 Å². The number of aliphatic hydroxyl groups is 1. The molecule has 0 aliphatic carbocycles. The quantitative estimate of drug-likeness (QED) is 0.405. The van der Waals surface area contributed by atoms with Gasteiger partial charge >= 0.3 is 11.9 Å². The van der Waals surface area contributed by atoms with Gasteiger partial charge in [0, 0.05) is 19.4 Å². The molecule has 0 heterocycles. The van der Waals surface area contributed by atoms with Crippen LogP contribution < -0.4 is 0 Å². The van der Waals surface area contributed by atoms with E-state index in [0.717, 1.165) is 0 Å². The molecule has 0 aliphatic rings. The maximum Gasteiger partial charge on any atom is 0.305 e. The second-order valence-electron chi connectivity index (χ2n) is 2.68. The van der Waals surface area contributed by atoms with Crippen LogP contribution in [0.15, 0.2) is 11.6 Å². The van der Waals surface area contributed by atoms with E-state index in [4.69, 9.17) is 14.6 Å². The Labute approximate surface area is 82.3 Å². The first kappa shape index (κ1) is 12.6. The molecular formula is C9H14O5. The van der Waals surface area contributed by atoms with Crippen molar-refractivity contribution in [2.45, 2.75) is 27.1 Å². The van der Waals surface area contributed by atoms with E-state index >= 15 is 0 Å². The van der Waals surface area contributed by atoms with Crippen molar-refractivity contribution in [1.29, 1.82) is 0 Å². The van der Waals surface area contributed by atoms with Gasteiger partial charge < -0.3 is 14.6 Å². The predicted molar refractivity (Wildman–Crippen MR) is 48.2 cm³/mol. The molecular weight excluding hydrogens is 188 g/mol. The van der Waals surface area contributed by atoms with Crippen LogP contribution in [0.25, 0.3) is 0 Å². The summed E-state index contributed by atoms with van der Waals surface area (Å²) in [6.07, 6.45) is 0.355. The van der Waals surface area contributed by atoms with Crippen molar-refractivity contribution in [1.82, 2.24) is 0 Å². The Morgan fingerprint density at radius 2 is 1.64 bits per heavy atom. The molecule has 0 aliphatic heterocycles. The van der Waals surface area contributed by atoms with Crippen molar-refractivity contribution in [3.05, 3.63) is 11.6 Å². The van der Waals surface area contributed by atoms with E-state index in [1.54, 1.807) is 6.92 Å². The molecule has 0 unspecified atom stereocenters. The Hall–Kier alpha value is -1.36. The van der Waals surface area contributed by atoms with Gasteiger partial charge in [-0.1, -0.05) is 6.08 Å². The average molecular weight is 202 g/mol. The minimum atomic E-state index is -1.04. The lowest BCUT2D eigenvalue weighted by Crippen LogP contribution is -2.23. The average Bonchev–Trinajstić information content (AvgIpc) is 2.01. The normalized spacial score (nSPS) is 11.4. The van der Waals surface area contributed by atoms with Gasteiger partial charge in [-0.3, -0.25) is 9.59 Å². The molecule has 0 amide bonds. The fourth-order valence-corrected chi connectivity index (χ4v) is 0.752. The van der Waals surface area contributed by atoms with Gasteiger partial charge in [0.2, 0.25) is 0 Å². The summed E-state index contributed by atoms with van der Waals surface area (Å²) in [5, 5.41) is 8.60. The third kappa shape index (κ3) is 5.31. The van der Waals surface area contributed by atoms with Crippen LogP contribution in [0.3, 0.4) is 0 Å². The number of carbonyl (C=O) groups excluding carboxylic acids is 2. The SMILES string of the molecule is CC(=O)OC(OC(C)=O)C(C)=CCO. The maximum absolute atomic E-state index is 10.6. The first-order valence-corrected chi connectivity index (χ1v) is 4.09. The highest BCUT2D eigenvalue weighted by Crippen LogP contribution is 2.08. The number of aliphatic hydroxyl groups excluding tert-OH is 1. The maximum atomic E-state index is 10.6. The highest BCUT2D eigenvalue weighted by Gasteiger charge is 2.16. The van der Waals surface area contributed by atoms with Crippen LogP contribution in [-0.4, -0.2) is 29.9 Å². The number of hydrogen-bond donors (Lipinski definition) is 1. The third-order valence-electron chi connectivity index (χ3n) is 1.33. The highest BCUT2D eigenvalue weighted by atomic mass is 16.7. The van der Waals surface area contributed by atoms with Crippen molar-refractivity contribution >= 4 is 11.9 Å². The standard InChI is InChI=1S/C9H14O5/c1-6(4-5-10)9(13-7(2)11)14-8(3)12/h4,9-10H,5H2,1-3H3. The third-order valence-corrected chi connectivity index (χ3v) is 1.33. The van der Waals surface area contributed by atoms with Gasteiger partial charge in [-0.25, -0.2) is 0 Å². The van der Waals surface area contributed by atoms with E-state index in [1.807, 2.05) is 0 Å². The Morgan fingerprint density at radius 3 is 1.93 bits per heavy atom. The second-order valence-corrected chi connectivity index (χ2v) is 2.68. The lowest BCUT2D eigenvalue weighted by atomic mass is 10.3. The highest BCUT2D eigenvalue weighted by molar-refractivity contribution is 5.68. The van der Waals surface area contributed by atoms with E-state index in [0.29, 0.717) is 5.57 Å². The Morgan fingerprint density at radius 1 is 1.21 bits per heavy atom. The van der Waals surface area contributed by atoms with Crippen molar-refractivity contribution < 1.29 is 24.2 Å². The van der Waals surface area contributed by atoms with Gasteiger partial charge in [0.25, 0.3) is 6.29 Å². The van der Waals surface area contributed by atoms with Gasteiger partial charge in [-0.05, 0) is 6.92 Å². The van der Waals surface area contributed by atoms with Crippen LogP contribution in [0.5, 0.6) is 0 Å². The number of esters is 2. The van der Waals surface area contributed by atoms with Gasteiger partial charge in [0.05, 0.1) is 6.61 Å².